The Morgan fingerprint density at radius 2 is 2.12 bits per heavy atom. The summed E-state index contributed by atoms with van der Waals surface area (Å²) in [6.07, 6.45) is 5.69. The number of nitrogens with one attached hydrogen (secondary N) is 1. The Morgan fingerprint density at radius 3 is 2.92 bits per heavy atom. The summed E-state index contributed by atoms with van der Waals surface area (Å²) in [7, 11) is 0. The van der Waals surface area contributed by atoms with Crippen molar-refractivity contribution in [3.05, 3.63) is 60.3 Å². The van der Waals surface area contributed by atoms with Gasteiger partial charge in [-0.05, 0) is 37.3 Å². The highest BCUT2D eigenvalue weighted by Gasteiger charge is 2.16. The summed E-state index contributed by atoms with van der Waals surface area (Å²) in [6.45, 7) is 1.92. The molecule has 0 fully saturated rings. The third-order valence-electron chi connectivity index (χ3n) is 3.94. The topological polar surface area (TPSA) is 109 Å². The van der Waals surface area contributed by atoms with E-state index in [2.05, 4.69) is 25.3 Å². The van der Waals surface area contributed by atoms with Gasteiger partial charge in [-0.15, -0.1) is 0 Å². The Balaban J connectivity index is 1.95. The number of hydrogen-bond donors (Lipinski definition) is 2. The van der Waals surface area contributed by atoms with Crippen LogP contribution in [0.3, 0.4) is 0 Å². The van der Waals surface area contributed by atoms with Crippen molar-refractivity contribution in [3.63, 3.8) is 0 Å². The molecule has 0 aliphatic carbocycles. The molecule has 4 rings (SSSR count). The number of fused-ring (bicyclic) bond motifs is 1. The Kier molecular flexibility index (Phi) is 3.77. The minimum Gasteiger partial charge on any atom is -0.478 e. The van der Waals surface area contributed by atoms with Crippen molar-refractivity contribution in [1.82, 2.24) is 29.8 Å². The summed E-state index contributed by atoms with van der Waals surface area (Å²) in [5.74, 6) is -1.04. The van der Waals surface area contributed by atoms with Crippen LogP contribution >= 0.6 is 0 Å². The largest absolute Gasteiger partial charge is 0.478 e. The lowest BCUT2D eigenvalue weighted by atomic mass is 10.0. The molecule has 0 bridgehead atoms. The molecule has 0 aliphatic rings. The van der Waals surface area contributed by atoms with Crippen molar-refractivity contribution in [3.8, 4) is 22.5 Å². The van der Waals surface area contributed by atoms with E-state index in [0.29, 0.717) is 11.3 Å². The highest BCUT2D eigenvalue weighted by molar-refractivity contribution is 5.89. The second-order valence-electron chi connectivity index (χ2n) is 5.66. The number of carboxylic acids is 1. The van der Waals surface area contributed by atoms with Gasteiger partial charge in [-0.3, -0.25) is 10.1 Å². The molecule has 0 spiro atoms. The maximum absolute atomic E-state index is 11.0. The fourth-order valence-corrected chi connectivity index (χ4v) is 2.81. The normalized spacial score (nSPS) is 11.4. The molecule has 0 aromatic carbocycles. The molecular weight excluding hydrogens is 332 g/mol. The van der Waals surface area contributed by atoms with Gasteiger partial charge in [-0.1, -0.05) is 6.07 Å². The van der Waals surface area contributed by atoms with E-state index in [-0.39, 0.29) is 0 Å². The summed E-state index contributed by atoms with van der Waals surface area (Å²) >= 11 is 0. The molecule has 4 aromatic rings. The zero-order chi connectivity index (χ0) is 18.1. The van der Waals surface area contributed by atoms with Crippen LogP contribution in [0.4, 0.5) is 0 Å². The lowest BCUT2D eigenvalue weighted by Gasteiger charge is -2.09. The van der Waals surface area contributed by atoms with Gasteiger partial charge in [0.05, 0.1) is 23.3 Å². The number of aliphatic carboxylic acids is 1. The molecule has 0 saturated carbocycles. The van der Waals surface area contributed by atoms with Gasteiger partial charge in [0.25, 0.3) is 0 Å². The Morgan fingerprint density at radius 1 is 1.23 bits per heavy atom. The maximum atomic E-state index is 11.0. The third kappa shape index (κ3) is 2.73. The first kappa shape index (κ1) is 15.7. The van der Waals surface area contributed by atoms with Gasteiger partial charge in [0.1, 0.15) is 6.33 Å². The van der Waals surface area contributed by atoms with E-state index in [4.69, 9.17) is 5.11 Å². The molecule has 0 aliphatic heterocycles. The second-order valence-corrected chi connectivity index (χ2v) is 5.66. The number of carbonyl (C=O) groups is 1. The van der Waals surface area contributed by atoms with Gasteiger partial charge >= 0.3 is 5.97 Å². The fraction of sp³-hybridized carbons (Fsp3) is 0.0556. The molecular formula is C18H14N6O2. The molecule has 8 heteroatoms. The second kappa shape index (κ2) is 6.25. The predicted molar refractivity (Wildman–Crippen MR) is 95.2 cm³/mol. The lowest BCUT2D eigenvalue weighted by molar-refractivity contribution is -0.131. The highest BCUT2D eigenvalue weighted by atomic mass is 16.4. The van der Waals surface area contributed by atoms with Crippen molar-refractivity contribution in [2.45, 2.75) is 6.92 Å². The molecule has 4 aromatic heterocycles. The zero-order valence-corrected chi connectivity index (χ0v) is 13.8. The van der Waals surface area contributed by atoms with E-state index in [1.807, 2.05) is 37.3 Å². The molecule has 26 heavy (non-hydrogen) atoms. The van der Waals surface area contributed by atoms with E-state index < -0.39 is 5.97 Å². The van der Waals surface area contributed by atoms with Crippen molar-refractivity contribution < 1.29 is 9.90 Å². The average Bonchev–Trinajstić information content (AvgIpc) is 3.28. The average molecular weight is 346 g/mol. The summed E-state index contributed by atoms with van der Waals surface area (Å²) in [5, 5.41) is 20.4. The number of pyridine rings is 2. The number of H-pyrrole nitrogens is 1. The van der Waals surface area contributed by atoms with Crippen LogP contribution in [0.2, 0.25) is 0 Å². The quantitative estimate of drug-likeness (QED) is 0.550. The molecule has 0 unspecified atom stereocenters. The zero-order valence-electron chi connectivity index (χ0n) is 13.8. The Labute approximate surface area is 147 Å². The van der Waals surface area contributed by atoms with Gasteiger partial charge in [-0.2, -0.15) is 10.2 Å². The summed E-state index contributed by atoms with van der Waals surface area (Å²) < 4.78 is 1.59. The molecule has 2 N–H and O–H groups in total. The first-order chi connectivity index (χ1) is 12.6. The van der Waals surface area contributed by atoms with Crippen molar-refractivity contribution in [2.75, 3.05) is 0 Å². The number of aryl methyl sites for hydroxylation is 1. The van der Waals surface area contributed by atoms with Crippen LogP contribution in [0.25, 0.3) is 34.2 Å². The van der Waals surface area contributed by atoms with Gasteiger partial charge < -0.3 is 5.11 Å². The van der Waals surface area contributed by atoms with Gasteiger partial charge in [0.15, 0.2) is 5.65 Å². The van der Waals surface area contributed by atoms with E-state index >= 15 is 0 Å². The number of rotatable bonds is 4. The van der Waals surface area contributed by atoms with E-state index in [9.17, 15) is 4.79 Å². The SMILES string of the molecule is Cc1cccc(-c2[nH]ncc2-c2ccc3ncnn3c2C=CC(=O)O)n1. The number of nitrogens with zero attached hydrogens (tertiary/aromatic N) is 5. The van der Waals surface area contributed by atoms with Crippen molar-refractivity contribution in [2.24, 2.45) is 0 Å². The summed E-state index contributed by atoms with van der Waals surface area (Å²) in [5.41, 5.74) is 5.18. The van der Waals surface area contributed by atoms with Crippen molar-refractivity contribution in [1.29, 1.82) is 0 Å². The first-order valence-corrected chi connectivity index (χ1v) is 7.85. The predicted octanol–water partition coefficient (Wildman–Crippen LogP) is 2.59. The standard InChI is InChI=1S/C18H14N6O2/c1-11-3-2-4-14(22-11)18-13(9-20-23-18)12-5-7-16-19-10-21-24(16)15(12)6-8-17(25)26/h2-10H,1H3,(H,20,23)(H,25,26). The van der Waals surface area contributed by atoms with Crippen LogP contribution < -0.4 is 0 Å². The van der Waals surface area contributed by atoms with E-state index in [1.165, 1.54) is 12.4 Å². The number of aromatic amines is 1. The highest BCUT2D eigenvalue weighted by Crippen LogP contribution is 2.32. The maximum Gasteiger partial charge on any atom is 0.328 e. The summed E-state index contributed by atoms with van der Waals surface area (Å²) in [4.78, 5) is 19.7. The number of carboxylic acid groups (broad SMARTS) is 1. The fourth-order valence-electron chi connectivity index (χ4n) is 2.81. The lowest BCUT2D eigenvalue weighted by Crippen LogP contribution is -1.99. The van der Waals surface area contributed by atoms with Gasteiger partial charge in [0, 0.05) is 22.9 Å². The minimum atomic E-state index is -1.04. The van der Waals surface area contributed by atoms with Crippen molar-refractivity contribution >= 4 is 17.7 Å². The molecule has 8 nitrogen and oxygen atoms in total. The van der Waals surface area contributed by atoms with Crippen LogP contribution in [0.15, 0.2) is 48.9 Å². The first-order valence-electron chi connectivity index (χ1n) is 7.85. The molecule has 0 saturated heterocycles. The molecule has 128 valence electrons. The van der Waals surface area contributed by atoms with Crippen LogP contribution in [-0.4, -0.2) is 40.9 Å². The third-order valence-corrected chi connectivity index (χ3v) is 3.94. The monoisotopic (exact) mass is 346 g/mol. The van der Waals surface area contributed by atoms with Crippen LogP contribution in [0, 0.1) is 6.92 Å². The molecule has 0 amide bonds. The van der Waals surface area contributed by atoms with Crippen LogP contribution in [-0.2, 0) is 4.79 Å². The summed E-state index contributed by atoms with van der Waals surface area (Å²) in [6, 6.07) is 9.43. The van der Waals surface area contributed by atoms with Crippen LogP contribution in [0.1, 0.15) is 11.4 Å². The van der Waals surface area contributed by atoms with E-state index in [0.717, 1.165) is 34.3 Å². The minimum absolute atomic E-state index is 0.595. The number of aromatic nitrogens is 6. The van der Waals surface area contributed by atoms with Gasteiger partial charge in [-0.25, -0.2) is 14.3 Å². The van der Waals surface area contributed by atoms with E-state index in [1.54, 1.807) is 10.7 Å². The molecule has 0 atom stereocenters. The Hall–Kier alpha value is -3.81. The molecule has 0 radical (unpaired) electrons. The Bertz CT molecular complexity index is 1140. The van der Waals surface area contributed by atoms with Crippen LogP contribution in [0.5, 0.6) is 0 Å². The number of hydrogen-bond acceptors (Lipinski definition) is 5. The smallest absolute Gasteiger partial charge is 0.328 e. The van der Waals surface area contributed by atoms with Gasteiger partial charge in [0.2, 0.25) is 0 Å². The molecule has 4 heterocycles.